The van der Waals surface area contributed by atoms with Crippen molar-refractivity contribution in [1.29, 1.82) is 0 Å². The number of nitrogens with zero attached hydrogens (tertiary/aromatic N) is 3. The minimum atomic E-state index is -0.892. The predicted octanol–water partition coefficient (Wildman–Crippen LogP) is -0.328. The van der Waals surface area contributed by atoms with Gasteiger partial charge in [0.15, 0.2) is 0 Å². The molecule has 19 heavy (non-hydrogen) atoms. The van der Waals surface area contributed by atoms with Gasteiger partial charge in [0.2, 0.25) is 0 Å². The van der Waals surface area contributed by atoms with E-state index in [1.807, 2.05) is 0 Å². The highest BCUT2D eigenvalue weighted by Crippen LogP contribution is 2.21. The smallest absolute Gasteiger partial charge is 0.273 e. The predicted molar refractivity (Wildman–Crippen MR) is 68.4 cm³/mol. The Bertz CT molecular complexity index is 460. The second-order valence-electron chi connectivity index (χ2n) is 4.83. The van der Waals surface area contributed by atoms with Gasteiger partial charge < -0.3 is 20.5 Å². The molecule has 7 heteroatoms. The zero-order chi connectivity index (χ0) is 13.9. The fourth-order valence-corrected chi connectivity index (χ4v) is 2.10. The van der Waals surface area contributed by atoms with Crippen LogP contribution in [0.15, 0.2) is 12.4 Å². The van der Waals surface area contributed by atoms with Crippen LogP contribution < -0.4 is 5.73 Å². The highest BCUT2D eigenvalue weighted by Gasteiger charge is 2.32. The van der Waals surface area contributed by atoms with Crippen LogP contribution >= 0.6 is 0 Å². The molecule has 1 aromatic heterocycles. The lowest BCUT2D eigenvalue weighted by atomic mass is 9.94. The van der Waals surface area contributed by atoms with Crippen LogP contribution in [-0.2, 0) is 4.74 Å². The molecule has 1 saturated heterocycles. The Hall–Kier alpha value is -1.73. The summed E-state index contributed by atoms with van der Waals surface area (Å²) in [6, 6.07) is 0. The minimum absolute atomic E-state index is 0.179. The number of hydrogen-bond acceptors (Lipinski definition) is 6. The average molecular weight is 266 g/mol. The first-order valence-corrected chi connectivity index (χ1v) is 6.13. The maximum Gasteiger partial charge on any atom is 0.273 e. The number of anilines is 1. The van der Waals surface area contributed by atoms with Crippen LogP contribution in [0.1, 0.15) is 23.3 Å². The Morgan fingerprint density at radius 2 is 2.21 bits per heavy atom. The quantitative estimate of drug-likeness (QED) is 0.777. The molecule has 1 aromatic rings. The van der Waals surface area contributed by atoms with E-state index < -0.39 is 5.60 Å². The van der Waals surface area contributed by atoms with Gasteiger partial charge in [-0.05, 0) is 0 Å². The highest BCUT2D eigenvalue weighted by molar-refractivity contribution is 5.92. The standard InChI is InChI=1S/C12H18N4O3/c1-16(8-12(18)2-4-19-5-3-12)11(17)9-6-14-7-10(13)15-9/h6-7,18H,2-5,8H2,1H3,(H2,13,15). The average Bonchev–Trinajstić information content (AvgIpc) is 2.38. The molecular weight excluding hydrogens is 248 g/mol. The summed E-state index contributed by atoms with van der Waals surface area (Å²) in [5, 5.41) is 10.4. The monoisotopic (exact) mass is 266 g/mol. The molecule has 0 atom stereocenters. The molecule has 0 aromatic carbocycles. The molecule has 0 bridgehead atoms. The molecule has 3 N–H and O–H groups in total. The number of nitrogens with two attached hydrogens (primary N) is 1. The van der Waals surface area contributed by atoms with Gasteiger partial charge in [0.1, 0.15) is 11.5 Å². The third-order valence-corrected chi connectivity index (χ3v) is 3.17. The van der Waals surface area contributed by atoms with Gasteiger partial charge in [-0.15, -0.1) is 0 Å². The molecule has 1 fully saturated rings. The van der Waals surface area contributed by atoms with Crippen molar-refractivity contribution in [2.45, 2.75) is 18.4 Å². The van der Waals surface area contributed by atoms with Crippen molar-refractivity contribution < 1.29 is 14.6 Å². The molecule has 7 nitrogen and oxygen atoms in total. The van der Waals surface area contributed by atoms with Crippen LogP contribution in [0.2, 0.25) is 0 Å². The zero-order valence-corrected chi connectivity index (χ0v) is 10.9. The lowest BCUT2D eigenvalue weighted by molar-refractivity contribution is -0.0734. The van der Waals surface area contributed by atoms with Crippen molar-refractivity contribution in [1.82, 2.24) is 14.9 Å². The fourth-order valence-electron chi connectivity index (χ4n) is 2.10. The van der Waals surface area contributed by atoms with Crippen molar-refractivity contribution in [3.05, 3.63) is 18.1 Å². The molecule has 2 heterocycles. The fraction of sp³-hybridized carbons (Fsp3) is 0.583. The van der Waals surface area contributed by atoms with E-state index in [1.165, 1.54) is 17.3 Å². The van der Waals surface area contributed by atoms with Crippen molar-refractivity contribution in [3.8, 4) is 0 Å². The van der Waals surface area contributed by atoms with E-state index in [2.05, 4.69) is 9.97 Å². The number of nitrogen functional groups attached to an aromatic ring is 1. The third kappa shape index (κ3) is 3.39. The number of aromatic nitrogens is 2. The van der Waals surface area contributed by atoms with E-state index >= 15 is 0 Å². The summed E-state index contributed by atoms with van der Waals surface area (Å²) >= 11 is 0. The summed E-state index contributed by atoms with van der Waals surface area (Å²) in [4.78, 5) is 21.3. The molecule has 1 aliphatic heterocycles. The Morgan fingerprint density at radius 3 is 2.84 bits per heavy atom. The van der Waals surface area contributed by atoms with Gasteiger partial charge in [-0.25, -0.2) is 4.98 Å². The largest absolute Gasteiger partial charge is 0.388 e. The molecule has 0 unspecified atom stereocenters. The van der Waals surface area contributed by atoms with Crippen LogP contribution in [0.25, 0.3) is 0 Å². The number of rotatable bonds is 3. The second kappa shape index (κ2) is 5.50. The lowest BCUT2D eigenvalue weighted by Gasteiger charge is -2.35. The van der Waals surface area contributed by atoms with Gasteiger partial charge in [-0.3, -0.25) is 9.78 Å². The van der Waals surface area contributed by atoms with Gasteiger partial charge in [-0.2, -0.15) is 0 Å². The number of hydrogen-bond donors (Lipinski definition) is 2. The molecule has 0 saturated carbocycles. The molecule has 0 radical (unpaired) electrons. The molecular formula is C12H18N4O3. The second-order valence-corrected chi connectivity index (χ2v) is 4.83. The molecule has 0 spiro atoms. The minimum Gasteiger partial charge on any atom is -0.388 e. The van der Waals surface area contributed by atoms with E-state index in [0.29, 0.717) is 26.1 Å². The van der Waals surface area contributed by atoms with E-state index in [9.17, 15) is 9.90 Å². The molecule has 104 valence electrons. The first-order chi connectivity index (χ1) is 9.00. The van der Waals surface area contributed by atoms with Crippen LogP contribution in [-0.4, -0.2) is 58.3 Å². The number of ether oxygens (including phenoxy) is 1. The summed E-state index contributed by atoms with van der Waals surface area (Å²) < 4.78 is 5.21. The van der Waals surface area contributed by atoms with Gasteiger partial charge in [0.25, 0.3) is 5.91 Å². The molecule has 0 aliphatic carbocycles. The summed E-state index contributed by atoms with van der Waals surface area (Å²) in [5.74, 6) is -0.108. The normalized spacial score (nSPS) is 18.0. The first kappa shape index (κ1) is 13.7. The Labute approximate surface area is 111 Å². The van der Waals surface area contributed by atoms with Crippen LogP contribution in [0.3, 0.4) is 0 Å². The van der Waals surface area contributed by atoms with Gasteiger partial charge in [0, 0.05) is 39.6 Å². The van der Waals surface area contributed by atoms with Crippen molar-refractivity contribution in [2.24, 2.45) is 0 Å². The first-order valence-electron chi connectivity index (χ1n) is 6.13. The summed E-state index contributed by atoms with van der Waals surface area (Å²) in [5.41, 5.74) is 4.78. The van der Waals surface area contributed by atoms with Crippen LogP contribution in [0, 0.1) is 0 Å². The van der Waals surface area contributed by atoms with E-state index in [0.717, 1.165) is 0 Å². The Morgan fingerprint density at radius 1 is 1.53 bits per heavy atom. The van der Waals surface area contributed by atoms with Gasteiger partial charge in [0.05, 0.1) is 18.0 Å². The van der Waals surface area contributed by atoms with Crippen LogP contribution in [0.4, 0.5) is 5.82 Å². The van der Waals surface area contributed by atoms with Gasteiger partial charge >= 0.3 is 0 Å². The number of carbonyl (C=O) groups excluding carboxylic acids is 1. The van der Waals surface area contributed by atoms with E-state index in [1.54, 1.807) is 7.05 Å². The molecule has 2 rings (SSSR count). The Balaban J connectivity index is 2.03. The third-order valence-electron chi connectivity index (χ3n) is 3.17. The number of aliphatic hydroxyl groups is 1. The van der Waals surface area contributed by atoms with Gasteiger partial charge in [-0.1, -0.05) is 0 Å². The highest BCUT2D eigenvalue weighted by atomic mass is 16.5. The SMILES string of the molecule is CN(CC1(O)CCOCC1)C(=O)c1cncc(N)n1. The van der Waals surface area contributed by atoms with Crippen LogP contribution in [0.5, 0.6) is 0 Å². The zero-order valence-electron chi connectivity index (χ0n) is 10.9. The van der Waals surface area contributed by atoms with Crippen molar-refractivity contribution in [2.75, 3.05) is 32.5 Å². The molecule has 1 amide bonds. The number of carbonyl (C=O) groups is 1. The lowest BCUT2D eigenvalue weighted by Crippen LogP contribution is -2.47. The number of amides is 1. The summed E-state index contributed by atoms with van der Waals surface area (Å²) in [7, 11) is 1.63. The van der Waals surface area contributed by atoms with Crippen molar-refractivity contribution in [3.63, 3.8) is 0 Å². The van der Waals surface area contributed by atoms with E-state index in [-0.39, 0.29) is 24.0 Å². The topological polar surface area (TPSA) is 102 Å². The Kier molecular flexibility index (Phi) is 3.96. The van der Waals surface area contributed by atoms with E-state index in [4.69, 9.17) is 10.5 Å². The number of likely N-dealkylation sites (N-methyl/N-ethyl adjacent to an activating group) is 1. The maximum absolute atomic E-state index is 12.1. The van der Waals surface area contributed by atoms with Crippen molar-refractivity contribution >= 4 is 11.7 Å². The summed E-state index contributed by atoms with van der Waals surface area (Å²) in [6.45, 7) is 1.26. The maximum atomic E-state index is 12.1. The molecule has 1 aliphatic rings. The summed E-state index contributed by atoms with van der Waals surface area (Å²) in [6.07, 6.45) is 3.78.